The van der Waals surface area contributed by atoms with Crippen LogP contribution in [0.5, 0.6) is 11.5 Å². The zero-order valence-electron chi connectivity index (χ0n) is 12.6. The standard InChI is InChI=1S/C15H15ClN2O4S/c1-8(9-3-4-10-11(7-9)22-6-5-21-10)17-15-18-13(16)12(23-15)14(19)20-2/h3-4,7-8H,5-6H2,1-2H3,(H,17,18). The number of rotatable bonds is 4. The topological polar surface area (TPSA) is 69.7 Å². The molecule has 3 rings (SSSR count). The molecule has 6 nitrogen and oxygen atoms in total. The lowest BCUT2D eigenvalue weighted by Crippen LogP contribution is -2.16. The minimum atomic E-state index is -0.493. The Kier molecular flexibility index (Phi) is 4.58. The first kappa shape index (κ1) is 15.9. The zero-order valence-corrected chi connectivity index (χ0v) is 14.2. The number of nitrogens with zero attached hydrogens (tertiary/aromatic N) is 1. The number of methoxy groups -OCH3 is 1. The Balaban J connectivity index is 1.76. The van der Waals surface area contributed by atoms with Crippen molar-refractivity contribution >= 4 is 34.0 Å². The quantitative estimate of drug-likeness (QED) is 0.847. The van der Waals surface area contributed by atoms with Crippen LogP contribution in [-0.4, -0.2) is 31.3 Å². The van der Waals surface area contributed by atoms with Gasteiger partial charge in [-0.2, -0.15) is 0 Å². The highest BCUT2D eigenvalue weighted by Gasteiger charge is 2.19. The molecule has 2 aromatic rings. The van der Waals surface area contributed by atoms with Gasteiger partial charge in [-0.05, 0) is 24.6 Å². The van der Waals surface area contributed by atoms with Crippen molar-refractivity contribution in [3.05, 3.63) is 33.8 Å². The van der Waals surface area contributed by atoms with Gasteiger partial charge in [-0.25, -0.2) is 9.78 Å². The van der Waals surface area contributed by atoms with Crippen molar-refractivity contribution < 1.29 is 19.0 Å². The molecule has 8 heteroatoms. The normalized spacial score (nSPS) is 14.2. The Bertz CT molecular complexity index is 734. The van der Waals surface area contributed by atoms with Crippen LogP contribution in [0.15, 0.2) is 18.2 Å². The SMILES string of the molecule is COC(=O)c1sc(NC(C)c2ccc3c(c2)OCCO3)nc1Cl. The van der Waals surface area contributed by atoms with E-state index in [1.807, 2.05) is 25.1 Å². The molecule has 2 heterocycles. The van der Waals surface area contributed by atoms with E-state index in [-0.39, 0.29) is 16.1 Å². The van der Waals surface area contributed by atoms with Crippen LogP contribution in [0.2, 0.25) is 5.15 Å². The summed E-state index contributed by atoms with van der Waals surface area (Å²) in [5, 5.41) is 3.92. The van der Waals surface area contributed by atoms with Gasteiger partial charge in [0.1, 0.15) is 13.2 Å². The van der Waals surface area contributed by atoms with Gasteiger partial charge in [-0.3, -0.25) is 0 Å². The Morgan fingerprint density at radius 3 is 2.87 bits per heavy atom. The average molecular weight is 355 g/mol. The number of nitrogens with one attached hydrogen (secondary N) is 1. The molecule has 122 valence electrons. The third kappa shape index (κ3) is 3.35. The van der Waals surface area contributed by atoms with E-state index >= 15 is 0 Å². The van der Waals surface area contributed by atoms with Crippen LogP contribution >= 0.6 is 22.9 Å². The number of halogens is 1. The number of aromatic nitrogens is 1. The Morgan fingerprint density at radius 1 is 1.39 bits per heavy atom. The van der Waals surface area contributed by atoms with Gasteiger partial charge in [0.25, 0.3) is 0 Å². The number of carbonyl (C=O) groups is 1. The second-order valence-electron chi connectivity index (χ2n) is 4.90. The van der Waals surface area contributed by atoms with Gasteiger partial charge in [0, 0.05) is 0 Å². The first-order valence-electron chi connectivity index (χ1n) is 6.99. The Morgan fingerprint density at radius 2 is 2.13 bits per heavy atom. The highest BCUT2D eigenvalue weighted by atomic mass is 35.5. The van der Waals surface area contributed by atoms with E-state index < -0.39 is 5.97 Å². The molecule has 0 saturated carbocycles. The minimum absolute atomic E-state index is 0.0430. The molecule has 0 radical (unpaired) electrons. The third-order valence-electron chi connectivity index (χ3n) is 3.36. The maximum Gasteiger partial charge on any atom is 0.351 e. The molecule has 1 N–H and O–H groups in total. The molecule has 0 amide bonds. The molecule has 1 aliphatic rings. The first-order valence-corrected chi connectivity index (χ1v) is 8.18. The van der Waals surface area contributed by atoms with Crippen LogP contribution in [0.4, 0.5) is 5.13 Å². The minimum Gasteiger partial charge on any atom is -0.486 e. The molecule has 1 aromatic heterocycles. The summed E-state index contributed by atoms with van der Waals surface area (Å²) in [5.41, 5.74) is 1.01. The molecule has 23 heavy (non-hydrogen) atoms. The second kappa shape index (κ2) is 6.64. The van der Waals surface area contributed by atoms with Crippen molar-refractivity contribution in [1.29, 1.82) is 0 Å². The molecule has 0 aliphatic carbocycles. The Labute approximate surface area is 142 Å². The van der Waals surface area contributed by atoms with E-state index in [1.54, 1.807) is 0 Å². The van der Waals surface area contributed by atoms with Gasteiger partial charge >= 0.3 is 5.97 Å². The van der Waals surface area contributed by atoms with Crippen molar-refractivity contribution in [2.24, 2.45) is 0 Å². The van der Waals surface area contributed by atoms with Crippen LogP contribution in [0.3, 0.4) is 0 Å². The van der Waals surface area contributed by atoms with E-state index in [9.17, 15) is 4.79 Å². The number of esters is 1. The maximum atomic E-state index is 11.6. The fourth-order valence-electron chi connectivity index (χ4n) is 2.18. The molecule has 1 atom stereocenters. The highest BCUT2D eigenvalue weighted by Crippen LogP contribution is 2.34. The van der Waals surface area contributed by atoms with Gasteiger partial charge in [-0.1, -0.05) is 29.0 Å². The average Bonchev–Trinajstić information content (AvgIpc) is 2.94. The predicted octanol–water partition coefficient (Wildman–Crippen LogP) is 3.53. The summed E-state index contributed by atoms with van der Waals surface area (Å²) in [6.45, 7) is 3.09. The number of fused-ring (bicyclic) bond motifs is 1. The Hall–Kier alpha value is -1.99. The maximum absolute atomic E-state index is 11.6. The van der Waals surface area contributed by atoms with Crippen molar-refractivity contribution in [2.45, 2.75) is 13.0 Å². The van der Waals surface area contributed by atoms with E-state index in [1.165, 1.54) is 7.11 Å². The number of ether oxygens (including phenoxy) is 3. The summed E-state index contributed by atoms with van der Waals surface area (Å²) in [4.78, 5) is 16.0. The van der Waals surface area contributed by atoms with Crippen LogP contribution in [0, 0.1) is 0 Å². The summed E-state index contributed by atoms with van der Waals surface area (Å²) < 4.78 is 15.8. The van der Waals surface area contributed by atoms with Crippen LogP contribution < -0.4 is 14.8 Å². The number of hydrogen-bond donors (Lipinski definition) is 1. The van der Waals surface area contributed by atoms with E-state index in [2.05, 4.69) is 15.0 Å². The number of hydrogen-bond acceptors (Lipinski definition) is 7. The van der Waals surface area contributed by atoms with Crippen LogP contribution in [-0.2, 0) is 4.74 Å². The van der Waals surface area contributed by atoms with E-state index in [0.29, 0.717) is 18.3 Å². The van der Waals surface area contributed by atoms with Crippen molar-refractivity contribution in [2.75, 3.05) is 25.6 Å². The molecule has 1 unspecified atom stereocenters. The second-order valence-corrected chi connectivity index (χ2v) is 6.26. The molecular formula is C15H15ClN2O4S. The molecule has 0 saturated heterocycles. The largest absolute Gasteiger partial charge is 0.486 e. The summed E-state index contributed by atoms with van der Waals surface area (Å²) in [7, 11) is 1.31. The van der Waals surface area contributed by atoms with E-state index in [0.717, 1.165) is 28.4 Å². The summed E-state index contributed by atoms with van der Waals surface area (Å²) in [5.74, 6) is 0.986. The fourth-order valence-corrected chi connectivity index (χ4v) is 3.37. The third-order valence-corrected chi connectivity index (χ3v) is 4.71. The molecule has 0 spiro atoms. The predicted molar refractivity (Wildman–Crippen MR) is 87.9 cm³/mol. The molecule has 1 aromatic carbocycles. The number of thiazole rings is 1. The molecular weight excluding hydrogens is 340 g/mol. The van der Waals surface area contributed by atoms with E-state index in [4.69, 9.17) is 21.1 Å². The van der Waals surface area contributed by atoms with Gasteiger partial charge in [0.15, 0.2) is 26.7 Å². The summed E-state index contributed by atoms with van der Waals surface area (Å²) >= 11 is 7.12. The molecule has 0 fully saturated rings. The van der Waals surface area contributed by atoms with Gasteiger partial charge in [0.2, 0.25) is 0 Å². The van der Waals surface area contributed by atoms with Gasteiger partial charge in [0.05, 0.1) is 13.2 Å². The lowest BCUT2D eigenvalue weighted by Gasteiger charge is -2.20. The van der Waals surface area contributed by atoms with Crippen molar-refractivity contribution in [3.63, 3.8) is 0 Å². The van der Waals surface area contributed by atoms with Crippen LogP contribution in [0.25, 0.3) is 0 Å². The van der Waals surface area contributed by atoms with Gasteiger partial charge in [-0.15, -0.1) is 0 Å². The number of benzene rings is 1. The summed E-state index contributed by atoms with van der Waals surface area (Å²) in [6, 6.07) is 5.74. The number of carbonyl (C=O) groups excluding carboxylic acids is 1. The first-order chi connectivity index (χ1) is 11.1. The smallest absolute Gasteiger partial charge is 0.351 e. The van der Waals surface area contributed by atoms with Gasteiger partial charge < -0.3 is 19.5 Å². The number of anilines is 1. The monoisotopic (exact) mass is 354 g/mol. The van der Waals surface area contributed by atoms with Crippen LogP contribution in [0.1, 0.15) is 28.2 Å². The fraction of sp³-hybridized carbons (Fsp3) is 0.333. The lowest BCUT2D eigenvalue weighted by atomic mass is 10.1. The summed E-state index contributed by atoms with van der Waals surface area (Å²) in [6.07, 6.45) is 0. The van der Waals surface area contributed by atoms with Crippen molar-refractivity contribution in [3.8, 4) is 11.5 Å². The lowest BCUT2D eigenvalue weighted by molar-refractivity contribution is 0.0606. The molecule has 0 bridgehead atoms. The molecule has 1 aliphatic heterocycles. The van der Waals surface area contributed by atoms with Crippen molar-refractivity contribution in [1.82, 2.24) is 4.98 Å². The highest BCUT2D eigenvalue weighted by molar-refractivity contribution is 7.18. The zero-order chi connectivity index (χ0) is 16.4.